The van der Waals surface area contributed by atoms with Gasteiger partial charge in [-0.05, 0) is 33.5 Å². The first-order valence-corrected chi connectivity index (χ1v) is 5.17. The highest BCUT2D eigenvalue weighted by atomic mass is 35.5. The first-order valence-electron chi connectivity index (χ1n) is 4.64. The van der Waals surface area contributed by atoms with Gasteiger partial charge in [0.1, 0.15) is 0 Å². The Bertz CT molecular complexity index is 140. The summed E-state index contributed by atoms with van der Waals surface area (Å²) < 4.78 is 0. The fourth-order valence-electron chi connectivity index (χ4n) is 0.955. The fraction of sp³-hybridized carbons (Fsp3) is 0.889. The van der Waals surface area contributed by atoms with E-state index in [0.717, 1.165) is 25.9 Å². The maximum absolute atomic E-state index is 10.9. The normalized spacial score (nSPS) is 10.5. The molecule has 0 aliphatic heterocycles. The Balaban J connectivity index is 3.11. The van der Waals surface area contributed by atoms with Crippen molar-refractivity contribution in [3.8, 4) is 0 Å². The summed E-state index contributed by atoms with van der Waals surface area (Å²) in [6.45, 7) is 1.84. The second-order valence-corrected chi connectivity index (χ2v) is 3.68. The van der Waals surface area contributed by atoms with E-state index in [9.17, 15) is 4.79 Å². The quantitative estimate of drug-likeness (QED) is 0.500. The van der Waals surface area contributed by atoms with Crippen molar-refractivity contribution in [3.63, 3.8) is 0 Å². The molecule has 0 aromatic carbocycles. The second-order valence-electron chi connectivity index (χ2n) is 3.30. The third kappa shape index (κ3) is 9.64. The van der Waals surface area contributed by atoms with Crippen molar-refractivity contribution in [1.29, 1.82) is 0 Å². The SMILES string of the molecule is CN(C)CCCCNC(=O)CCCl. The van der Waals surface area contributed by atoms with Crippen LogP contribution < -0.4 is 5.32 Å². The molecule has 0 aromatic rings. The molecule has 1 amide bonds. The smallest absolute Gasteiger partial charge is 0.221 e. The molecule has 0 saturated carbocycles. The van der Waals surface area contributed by atoms with Crippen molar-refractivity contribution in [3.05, 3.63) is 0 Å². The van der Waals surface area contributed by atoms with Crippen LogP contribution in [-0.4, -0.2) is 43.9 Å². The lowest BCUT2D eigenvalue weighted by atomic mass is 10.3. The van der Waals surface area contributed by atoms with Crippen LogP contribution in [0, 0.1) is 0 Å². The molecule has 78 valence electrons. The zero-order valence-electron chi connectivity index (χ0n) is 8.48. The van der Waals surface area contributed by atoms with Gasteiger partial charge in [0.2, 0.25) is 5.91 Å². The average Bonchev–Trinajstić information content (AvgIpc) is 2.03. The van der Waals surface area contributed by atoms with E-state index in [1.54, 1.807) is 0 Å². The molecule has 0 bridgehead atoms. The molecule has 0 aromatic heterocycles. The number of nitrogens with one attached hydrogen (secondary N) is 1. The van der Waals surface area contributed by atoms with Gasteiger partial charge in [0.25, 0.3) is 0 Å². The highest BCUT2D eigenvalue weighted by molar-refractivity contribution is 6.18. The van der Waals surface area contributed by atoms with E-state index in [-0.39, 0.29) is 5.91 Å². The van der Waals surface area contributed by atoms with E-state index in [0.29, 0.717) is 12.3 Å². The van der Waals surface area contributed by atoms with Gasteiger partial charge in [0.15, 0.2) is 0 Å². The Morgan fingerprint density at radius 1 is 1.38 bits per heavy atom. The highest BCUT2D eigenvalue weighted by Gasteiger charge is 1.98. The molecular weight excluding hydrogens is 188 g/mol. The fourth-order valence-corrected chi connectivity index (χ4v) is 1.13. The molecule has 0 unspecified atom stereocenters. The molecule has 0 aliphatic carbocycles. The zero-order valence-corrected chi connectivity index (χ0v) is 9.23. The number of halogens is 1. The largest absolute Gasteiger partial charge is 0.356 e. The molecule has 0 aliphatic rings. The van der Waals surface area contributed by atoms with Crippen LogP contribution in [0.15, 0.2) is 0 Å². The van der Waals surface area contributed by atoms with Crippen LogP contribution in [0.1, 0.15) is 19.3 Å². The number of hydrogen-bond donors (Lipinski definition) is 1. The van der Waals surface area contributed by atoms with Crippen LogP contribution in [0.4, 0.5) is 0 Å². The molecular formula is C9H19ClN2O. The first-order chi connectivity index (χ1) is 6.16. The summed E-state index contributed by atoms with van der Waals surface area (Å²) in [5, 5.41) is 2.82. The van der Waals surface area contributed by atoms with Gasteiger partial charge in [0, 0.05) is 18.8 Å². The minimum atomic E-state index is 0.0554. The summed E-state index contributed by atoms with van der Waals surface area (Å²) >= 11 is 5.41. The maximum atomic E-state index is 10.9. The number of carbonyl (C=O) groups excluding carboxylic acids is 1. The standard InChI is InChI=1S/C9H19ClN2O/c1-12(2)8-4-3-7-11-9(13)5-6-10/h3-8H2,1-2H3,(H,11,13). The molecule has 13 heavy (non-hydrogen) atoms. The maximum Gasteiger partial charge on any atom is 0.221 e. The van der Waals surface area contributed by atoms with Crippen LogP contribution in [0.2, 0.25) is 0 Å². The van der Waals surface area contributed by atoms with Crippen molar-refractivity contribution in [1.82, 2.24) is 10.2 Å². The zero-order chi connectivity index (χ0) is 10.1. The Morgan fingerprint density at radius 3 is 2.62 bits per heavy atom. The van der Waals surface area contributed by atoms with Gasteiger partial charge < -0.3 is 10.2 Å². The Labute approximate surface area is 85.4 Å². The van der Waals surface area contributed by atoms with E-state index < -0.39 is 0 Å². The van der Waals surface area contributed by atoms with E-state index >= 15 is 0 Å². The number of alkyl halides is 1. The third-order valence-electron chi connectivity index (χ3n) is 1.68. The van der Waals surface area contributed by atoms with Crippen LogP contribution in [0.3, 0.4) is 0 Å². The molecule has 0 fully saturated rings. The highest BCUT2D eigenvalue weighted by Crippen LogP contribution is 1.90. The van der Waals surface area contributed by atoms with Crippen LogP contribution in [0.25, 0.3) is 0 Å². The van der Waals surface area contributed by atoms with E-state index in [2.05, 4.69) is 10.2 Å². The number of hydrogen-bond acceptors (Lipinski definition) is 2. The van der Waals surface area contributed by atoms with E-state index in [1.165, 1.54) is 0 Å². The summed E-state index contributed by atoms with van der Waals surface area (Å²) in [6.07, 6.45) is 2.58. The summed E-state index contributed by atoms with van der Waals surface area (Å²) in [5.74, 6) is 0.462. The predicted octanol–water partition coefficient (Wildman–Crippen LogP) is 1.07. The molecule has 3 nitrogen and oxygen atoms in total. The number of nitrogens with zero attached hydrogens (tertiary/aromatic N) is 1. The number of carbonyl (C=O) groups is 1. The lowest BCUT2D eigenvalue weighted by Crippen LogP contribution is -2.25. The lowest BCUT2D eigenvalue weighted by molar-refractivity contribution is -0.120. The summed E-state index contributed by atoms with van der Waals surface area (Å²) in [7, 11) is 4.10. The van der Waals surface area contributed by atoms with Gasteiger partial charge in [-0.1, -0.05) is 0 Å². The lowest BCUT2D eigenvalue weighted by Gasteiger charge is -2.09. The van der Waals surface area contributed by atoms with Gasteiger partial charge in [-0.2, -0.15) is 0 Å². The number of amides is 1. The Kier molecular flexibility index (Phi) is 8.14. The summed E-state index contributed by atoms with van der Waals surface area (Å²) in [5.41, 5.74) is 0. The van der Waals surface area contributed by atoms with Crippen LogP contribution >= 0.6 is 11.6 Å². The van der Waals surface area contributed by atoms with Crippen molar-refractivity contribution in [2.24, 2.45) is 0 Å². The van der Waals surface area contributed by atoms with E-state index in [1.807, 2.05) is 14.1 Å². The predicted molar refractivity (Wildman–Crippen MR) is 56.1 cm³/mol. The van der Waals surface area contributed by atoms with Gasteiger partial charge in [-0.3, -0.25) is 4.79 Å². The van der Waals surface area contributed by atoms with Gasteiger partial charge >= 0.3 is 0 Å². The summed E-state index contributed by atoms with van der Waals surface area (Å²) in [6, 6.07) is 0. The molecule has 0 heterocycles. The molecule has 4 heteroatoms. The Hall–Kier alpha value is -0.280. The molecule has 0 spiro atoms. The molecule has 1 N–H and O–H groups in total. The van der Waals surface area contributed by atoms with Gasteiger partial charge in [-0.25, -0.2) is 0 Å². The van der Waals surface area contributed by atoms with Crippen molar-refractivity contribution in [2.75, 3.05) is 33.1 Å². The Morgan fingerprint density at radius 2 is 2.08 bits per heavy atom. The second kappa shape index (κ2) is 8.32. The van der Waals surface area contributed by atoms with Crippen molar-refractivity contribution in [2.45, 2.75) is 19.3 Å². The topological polar surface area (TPSA) is 32.3 Å². The number of rotatable bonds is 7. The minimum absolute atomic E-state index is 0.0554. The molecule has 0 saturated heterocycles. The van der Waals surface area contributed by atoms with Crippen molar-refractivity contribution >= 4 is 17.5 Å². The minimum Gasteiger partial charge on any atom is -0.356 e. The average molecular weight is 207 g/mol. The molecule has 0 atom stereocenters. The van der Waals surface area contributed by atoms with Gasteiger partial charge in [0.05, 0.1) is 0 Å². The molecule has 0 radical (unpaired) electrons. The third-order valence-corrected chi connectivity index (χ3v) is 1.86. The van der Waals surface area contributed by atoms with Crippen LogP contribution in [0.5, 0.6) is 0 Å². The first kappa shape index (κ1) is 12.7. The number of unbranched alkanes of at least 4 members (excludes halogenated alkanes) is 1. The van der Waals surface area contributed by atoms with E-state index in [4.69, 9.17) is 11.6 Å². The van der Waals surface area contributed by atoms with Crippen LogP contribution in [-0.2, 0) is 4.79 Å². The summed E-state index contributed by atoms with van der Waals surface area (Å²) in [4.78, 5) is 13.1. The monoisotopic (exact) mass is 206 g/mol. The molecule has 0 rings (SSSR count). The van der Waals surface area contributed by atoms with Gasteiger partial charge in [-0.15, -0.1) is 11.6 Å². The van der Waals surface area contributed by atoms with Crippen molar-refractivity contribution < 1.29 is 4.79 Å².